The molecule has 0 spiro atoms. The standard InChI is InChI=1S/C19H23N6/c1-4-25(14-16-8-6-5-7-9-16)18-12-10-17(11-13-18)22-23-19(2)20-15-21-24(19)3/h5-13,15H,4,14H2,1-3H3/q+1. The van der Waals surface area contributed by atoms with Crippen molar-refractivity contribution in [2.75, 3.05) is 18.5 Å². The summed E-state index contributed by atoms with van der Waals surface area (Å²) in [5, 5.41) is 12.7. The zero-order valence-corrected chi connectivity index (χ0v) is 14.9. The van der Waals surface area contributed by atoms with Crippen LogP contribution in [0.2, 0.25) is 0 Å². The highest BCUT2D eigenvalue weighted by atomic mass is 15.5. The lowest BCUT2D eigenvalue weighted by Gasteiger charge is -2.23. The zero-order valence-electron chi connectivity index (χ0n) is 14.9. The second-order valence-electron chi connectivity index (χ2n) is 6.07. The number of rotatable bonds is 6. The number of hydrogen-bond acceptors (Lipinski definition) is 5. The molecular formula is C19H23N6+. The molecule has 0 saturated heterocycles. The van der Waals surface area contributed by atoms with Gasteiger partial charge in [0.05, 0.1) is 12.6 Å². The van der Waals surface area contributed by atoms with E-state index in [-0.39, 0.29) is 0 Å². The van der Waals surface area contributed by atoms with Crippen LogP contribution in [0.25, 0.3) is 0 Å². The summed E-state index contributed by atoms with van der Waals surface area (Å²) in [6, 6.07) is 18.6. The van der Waals surface area contributed by atoms with Gasteiger partial charge in [0.1, 0.15) is 0 Å². The Morgan fingerprint density at radius 1 is 1.08 bits per heavy atom. The smallest absolute Gasteiger partial charge is 0.367 e. The Labute approximate surface area is 148 Å². The molecule has 1 unspecified atom stereocenters. The first-order chi connectivity index (χ1) is 12.1. The number of hydrogen-bond donors (Lipinski definition) is 0. The minimum atomic E-state index is -0.749. The fourth-order valence-electron chi connectivity index (χ4n) is 2.57. The van der Waals surface area contributed by atoms with Crippen molar-refractivity contribution in [3.8, 4) is 0 Å². The molecule has 6 heteroatoms. The van der Waals surface area contributed by atoms with Crippen molar-refractivity contribution in [2.45, 2.75) is 26.2 Å². The molecule has 0 N–H and O–H groups in total. The number of aliphatic imine (C=N–C) groups is 1. The Morgan fingerprint density at radius 2 is 1.80 bits per heavy atom. The molecular weight excluding hydrogens is 312 g/mol. The van der Waals surface area contributed by atoms with E-state index in [0.717, 1.165) is 18.8 Å². The van der Waals surface area contributed by atoms with Crippen molar-refractivity contribution in [3.05, 3.63) is 60.2 Å². The Balaban J connectivity index is 1.71. The monoisotopic (exact) mass is 335 g/mol. The minimum absolute atomic E-state index is 0.749. The van der Waals surface area contributed by atoms with Gasteiger partial charge in [-0.15, -0.1) is 5.11 Å². The van der Waals surface area contributed by atoms with Gasteiger partial charge in [-0.2, -0.15) is 4.99 Å². The van der Waals surface area contributed by atoms with Gasteiger partial charge in [-0.3, -0.25) is 0 Å². The van der Waals surface area contributed by atoms with Crippen molar-refractivity contribution in [1.82, 2.24) is 0 Å². The quantitative estimate of drug-likeness (QED) is 0.562. The van der Waals surface area contributed by atoms with E-state index in [9.17, 15) is 0 Å². The van der Waals surface area contributed by atoms with Crippen LogP contribution in [0, 0.1) is 0 Å². The first-order valence-corrected chi connectivity index (χ1v) is 8.41. The number of anilines is 1. The molecule has 25 heavy (non-hydrogen) atoms. The highest BCUT2D eigenvalue weighted by Crippen LogP contribution is 2.24. The molecule has 6 nitrogen and oxygen atoms in total. The van der Waals surface area contributed by atoms with Gasteiger partial charge in [0, 0.05) is 23.9 Å². The van der Waals surface area contributed by atoms with Crippen LogP contribution < -0.4 is 4.90 Å². The molecule has 128 valence electrons. The third-order valence-electron chi connectivity index (χ3n) is 4.31. The van der Waals surface area contributed by atoms with Gasteiger partial charge in [0.2, 0.25) is 0 Å². The van der Waals surface area contributed by atoms with E-state index in [1.165, 1.54) is 17.6 Å². The molecule has 0 fully saturated rings. The molecule has 0 aliphatic carbocycles. The summed E-state index contributed by atoms with van der Waals surface area (Å²) < 4.78 is 1.68. The summed E-state index contributed by atoms with van der Waals surface area (Å²) in [6.07, 6.45) is 1.50. The van der Waals surface area contributed by atoms with E-state index >= 15 is 0 Å². The average molecular weight is 335 g/mol. The van der Waals surface area contributed by atoms with E-state index in [1.807, 2.05) is 32.2 Å². The molecule has 0 saturated carbocycles. The lowest BCUT2D eigenvalue weighted by molar-refractivity contribution is -0.625. The topological polar surface area (TPSA) is 55.7 Å². The summed E-state index contributed by atoms with van der Waals surface area (Å²) in [7, 11) is 1.83. The molecule has 1 atom stereocenters. The van der Waals surface area contributed by atoms with Crippen LogP contribution >= 0.6 is 0 Å². The normalized spacial score (nSPS) is 19.4. The van der Waals surface area contributed by atoms with Gasteiger partial charge in [-0.05, 0) is 36.8 Å². The average Bonchev–Trinajstić information content (AvgIpc) is 2.98. The van der Waals surface area contributed by atoms with Crippen molar-refractivity contribution in [3.63, 3.8) is 0 Å². The van der Waals surface area contributed by atoms with Crippen LogP contribution in [-0.2, 0) is 6.54 Å². The fraction of sp³-hybridized carbons (Fsp3) is 0.316. The number of azo groups is 3. The Kier molecular flexibility index (Phi) is 4.97. The lowest BCUT2D eigenvalue weighted by Crippen LogP contribution is -2.28. The first-order valence-electron chi connectivity index (χ1n) is 8.41. The SMILES string of the molecule is CCN(Cc1ccccc1)c1ccc(N=NC2(C)N=CN=[N+]2C)cc1. The number of nitrogens with zero attached hydrogens (tertiary/aromatic N) is 6. The summed E-state index contributed by atoms with van der Waals surface area (Å²) >= 11 is 0. The maximum Gasteiger partial charge on any atom is 0.394 e. The Bertz CT molecular complexity index is 794. The predicted molar refractivity (Wildman–Crippen MR) is 99.6 cm³/mol. The van der Waals surface area contributed by atoms with E-state index in [1.54, 1.807) is 4.70 Å². The van der Waals surface area contributed by atoms with Gasteiger partial charge in [-0.25, -0.2) is 0 Å². The van der Waals surface area contributed by atoms with Gasteiger partial charge < -0.3 is 4.90 Å². The molecule has 1 heterocycles. The van der Waals surface area contributed by atoms with Crippen molar-refractivity contribution < 1.29 is 4.70 Å². The van der Waals surface area contributed by atoms with Crippen LogP contribution in [0.5, 0.6) is 0 Å². The zero-order chi connectivity index (χ0) is 17.7. The number of benzene rings is 2. The molecule has 0 aromatic heterocycles. The van der Waals surface area contributed by atoms with Crippen molar-refractivity contribution >= 4 is 17.7 Å². The highest BCUT2D eigenvalue weighted by molar-refractivity contribution is 5.55. The third-order valence-corrected chi connectivity index (χ3v) is 4.31. The second-order valence-corrected chi connectivity index (χ2v) is 6.07. The molecule has 1 aliphatic heterocycles. The second kappa shape index (κ2) is 7.34. The van der Waals surface area contributed by atoms with Crippen molar-refractivity contribution in [2.24, 2.45) is 20.3 Å². The van der Waals surface area contributed by atoms with E-state index in [0.29, 0.717) is 0 Å². The highest BCUT2D eigenvalue weighted by Gasteiger charge is 2.37. The van der Waals surface area contributed by atoms with Crippen LogP contribution in [0.4, 0.5) is 11.4 Å². The van der Waals surface area contributed by atoms with Crippen LogP contribution in [0.3, 0.4) is 0 Å². The van der Waals surface area contributed by atoms with Gasteiger partial charge >= 0.3 is 5.79 Å². The lowest BCUT2D eigenvalue weighted by atomic mass is 10.2. The Hall–Kier alpha value is -2.89. The maximum absolute atomic E-state index is 4.31. The van der Waals surface area contributed by atoms with Crippen LogP contribution in [0.15, 0.2) is 74.9 Å². The predicted octanol–water partition coefficient (Wildman–Crippen LogP) is 4.61. The van der Waals surface area contributed by atoms with E-state index in [2.05, 4.69) is 68.6 Å². The summed E-state index contributed by atoms with van der Waals surface area (Å²) in [4.78, 5) is 6.56. The third kappa shape index (κ3) is 3.96. The summed E-state index contributed by atoms with van der Waals surface area (Å²) in [5.41, 5.74) is 3.27. The van der Waals surface area contributed by atoms with Gasteiger partial charge in [0.15, 0.2) is 13.4 Å². The molecule has 0 amide bonds. The van der Waals surface area contributed by atoms with Crippen molar-refractivity contribution in [1.29, 1.82) is 0 Å². The molecule has 3 rings (SSSR count). The molecule has 0 bridgehead atoms. The Morgan fingerprint density at radius 3 is 2.40 bits per heavy atom. The molecule has 2 aromatic rings. The maximum atomic E-state index is 4.31. The van der Waals surface area contributed by atoms with Crippen LogP contribution in [-0.4, -0.2) is 30.4 Å². The summed E-state index contributed by atoms with van der Waals surface area (Å²) in [6.45, 7) is 5.86. The molecule has 0 radical (unpaired) electrons. The van der Waals surface area contributed by atoms with Gasteiger partial charge in [-0.1, -0.05) is 40.1 Å². The fourth-order valence-corrected chi connectivity index (χ4v) is 2.57. The molecule has 2 aromatic carbocycles. The molecule has 1 aliphatic rings. The summed E-state index contributed by atoms with van der Waals surface area (Å²) in [5.74, 6) is -0.749. The largest absolute Gasteiger partial charge is 0.394 e. The van der Waals surface area contributed by atoms with Crippen LogP contribution in [0.1, 0.15) is 19.4 Å². The first kappa shape index (κ1) is 17.0. The minimum Gasteiger partial charge on any atom is -0.367 e. The van der Waals surface area contributed by atoms with E-state index in [4.69, 9.17) is 0 Å². The van der Waals surface area contributed by atoms with E-state index < -0.39 is 5.79 Å². The van der Waals surface area contributed by atoms with Gasteiger partial charge in [0.25, 0.3) is 0 Å².